The second-order valence-electron chi connectivity index (χ2n) is 4.42. The minimum absolute atomic E-state index is 0.0980. The Bertz CT molecular complexity index is 687. The van der Waals surface area contributed by atoms with Gasteiger partial charge in [0.15, 0.2) is 0 Å². The van der Waals surface area contributed by atoms with Crippen LogP contribution in [0.1, 0.15) is 20.7 Å². The van der Waals surface area contributed by atoms with E-state index in [2.05, 4.69) is 21.2 Å². The number of para-hydroxylation sites is 1. The highest BCUT2D eigenvalue weighted by molar-refractivity contribution is 9.10. The molecule has 0 unspecified atom stereocenters. The van der Waals surface area contributed by atoms with Crippen molar-refractivity contribution in [1.29, 1.82) is 0 Å². The van der Waals surface area contributed by atoms with Crippen molar-refractivity contribution >= 4 is 27.8 Å². The van der Waals surface area contributed by atoms with Crippen LogP contribution in [0.25, 0.3) is 0 Å². The third kappa shape index (κ3) is 4.33. The maximum Gasteiger partial charge on any atom is 0.339 e. The number of carbonyl (C=O) groups is 2. The molecule has 0 fully saturated rings. The molecule has 0 saturated carbocycles. The standard InChI is InChI=1S/C16H14BrNO4/c17-12-5-3-4-11(10-12)15(19)18-8-9-22-14-7-2-1-6-13(14)16(20)21/h1-7,10H,8-9H2,(H,18,19)(H,20,21). The molecule has 0 bridgehead atoms. The Balaban J connectivity index is 1.85. The number of aromatic carboxylic acids is 1. The molecule has 0 heterocycles. The van der Waals surface area contributed by atoms with E-state index < -0.39 is 5.97 Å². The first-order valence-electron chi connectivity index (χ1n) is 6.57. The van der Waals surface area contributed by atoms with Crippen molar-refractivity contribution in [3.05, 3.63) is 64.1 Å². The van der Waals surface area contributed by atoms with Crippen molar-refractivity contribution < 1.29 is 19.4 Å². The van der Waals surface area contributed by atoms with Gasteiger partial charge in [-0.05, 0) is 30.3 Å². The highest BCUT2D eigenvalue weighted by atomic mass is 79.9. The lowest BCUT2D eigenvalue weighted by molar-refractivity contribution is 0.0691. The summed E-state index contributed by atoms with van der Waals surface area (Å²) in [6.07, 6.45) is 0. The van der Waals surface area contributed by atoms with E-state index in [4.69, 9.17) is 9.84 Å². The topological polar surface area (TPSA) is 75.6 Å². The summed E-state index contributed by atoms with van der Waals surface area (Å²) in [5.41, 5.74) is 0.640. The van der Waals surface area contributed by atoms with Gasteiger partial charge >= 0.3 is 5.97 Å². The lowest BCUT2D eigenvalue weighted by Gasteiger charge is -2.10. The van der Waals surface area contributed by atoms with Crippen LogP contribution in [-0.2, 0) is 0 Å². The van der Waals surface area contributed by atoms with E-state index in [1.165, 1.54) is 6.07 Å². The second-order valence-corrected chi connectivity index (χ2v) is 5.33. The molecule has 0 aliphatic heterocycles. The number of carboxylic acids is 1. The molecular weight excluding hydrogens is 350 g/mol. The molecule has 2 aromatic carbocycles. The molecule has 0 atom stereocenters. The van der Waals surface area contributed by atoms with Crippen molar-refractivity contribution in [2.75, 3.05) is 13.2 Å². The molecule has 5 nitrogen and oxygen atoms in total. The van der Waals surface area contributed by atoms with Gasteiger partial charge in [-0.3, -0.25) is 4.79 Å². The SMILES string of the molecule is O=C(NCCOc1ccccc1C(=O)O)c1cccc(Br)c1. The number of benzene rings is 2. The lowest BCUT2D eigenvalue weighted by Crippen LogP contribution is -2.28. The second kappa shape index (κ2) is 7.61. The predicted molar refractivity (Wildman–Crippen MR) is 85.4 cm³/mol. The third-order valence-electron chi connectivity index (χ3n) is 2.85. The summed E-state index contributed by atoms with van der Waals surface area (Å²) in [7, 11) is 0. The smallest absolute Gasteiger partial charge is 0.339 e. The van der Waals surface area contributed by atoms with Gasteiger partial charge in [-0.1, -0.05) is 34.1 Å². The molecule has 2 rings (SSSR count). The molecule has 114 valence electrons. The Morgan fingerprint density at radius 2 is 1.91 bits per heavy atom. The molecule has 6 heteroatoms. The third-order valence-corrected chi connectivity index (χ3v) is 3.34. The number of carboxylic acid groups (broad SMARTS) is 1. The number of ether oxygens (including phenoxy) is 1. The van der Waals surface area contributed by atoms with E-state index >= 15 is 0 Å². The number of hydrogen-bond donors (Lipinski definition) is 2. The van der Waals surface area contributed by atoms with Gasteiger partial charge in [0.05, 0.1) is 6.54 Å². The Morgan fingerprint density at radius 1 is 1.14 bits per heavy atom. The minimum atomic E-state index is -1.05. The summed E-state index contributed by atoms with van der Waals surface area (Å²) in [6, 6.07) is 13.4. The highest BCUT2D eigenvalue weighted by Gasteiger charge is 2.10. The maximum atomic E-state index is 11.9. The first-order valence-corrected chi connectivity index (χ1v) is 7.36. The van der Waals surface area contributed by atoms with Crippen molar-refractivity contribution in [3.8, 4) is 5.75 Å². The predicted octanol–water partition coefficient (Wildman–Crippen LogP) is 2.96. The van der Waals surface area contributed by atoms with Crippen molar-refractivity contribution in [2.24, 2.45) is 0 Å². The van der Waals surface area contributed by atoms with Gasteiger partial charge in [0.2, 0.25) is 0 Å². The lowest BCUT2D eigenvalue weighted by atomic mass is 10.2. The number of amides is 1. The van der Waals surface area contributed by atoms with E-state index in [0.29, 0.717) is 5.56 Å². The van der Waals surface area contributed by atoms with Crippen LogP contribution in [0.3, 0.4) is 0 Å². The van der Waals surface area contributed by atoms with Gasteiger partial charge in [-0.25, -0.2) is 4.79 Å². The number of halogens is 1. The summed E-state index contributed by atoms with van der Waals surface area (Å²) in [6.45, 7) is 0.462. The van der Waals surface area contributed by atoms with E-state index in [9.17, 15) is 9.59 Å². The molecule has 0 radical (unpaired) electrons. The molecule has 0 aliphatic rings. The summed E-state index contributed by atoms with van der Waals surface area (Å²) < 4.78 is 6.23. The summed E-state index contributed by atoms with van der Waals surface area (Å²) in [4.78, 5) is 22.9. The van der Waals surface area contributed by atoms with Crippen LogP contribution in [0, 0.1) is 0 Å². The summed E-state index contributed by atoms with van der Waals surface area (Å²) in [5.74, 6) is -0.975. The largest absolute Gasteiger partial charge is 0.491 e. The van der Waals surface area contributed by atoms with Crippen LogP contribution in [0.4, 0.5) is 0 Å². The number of hydrogen-bond acceptors (Lipinski definition) is 3. The van der Waals surface area contributed by atoms with Crippen LogP contribution in [-0.4, -0.2) is 30.1 Å². The molecule has 0 saturated heterocycles. The molecular formula is C16H14BrNO4. The normalized spacial score (nSPS) is 10.0. The molecule has 1 amide bonds. The first kappa shape index (κ1) is 16.0. The highest BCUT2D eigenvalue weighted by Crippen LogP contribution is 2.17. The molecule has 0 aliphatic carbocycles. The zero-order valence-corrected chi connectivity index (χ0v) is 13.2. The monoisotopic (exact) mass is 363 g/mol. The van der Waals surface area contributed by atoms with E-state index in [1.807, 2.05) is 6.07 Å². The zero-order chi connectivity index (χ0) is 15.9. The Labute approximate surface area is 136 Å². The first-order chi connectivity index (χ1) is 10.6. The Hall–Kier alpha value is -2.34. The van der Waals surface area contributed by atoms with Crippen LogP contribution >= 0.6 is 15.9 Å². The molecule has 0 spiro atoms. The number of carbonyl (C=O) groups excluding carboxylic acids is 1. The van der Waals surface area contributed by atoms with E-state index in [0.717, 1.165) is 4.47 Å². The van der Waals surface area contributed by atoms with Gasteiger partial charge in [0, 0.05) is 10.0 Å². The van der Waals surface area contributed by atoms with Crippen LogP contribution < -0.4 is 10.1 Å². The average Bonchev–Trinajstić information content (AvgIpc) is 2.51. The number of rotatable bonds is 6. The van der Waals surface area contributed by atoms with Crippen molar-refractivity contribution in [2.45, 2.75) is 0 Å². The fourth-order valence-electron chi connectivity index (χ4n) is 1.83. The van der Waals surface area contributed by atoms with Gasteiger partial charge < -0.3 is 15.2 Å². The number of nitrogens with one attached hydrogen (secondary N) is 1. The summed E-state index contributed by atoms with van der Waals surface area (Å²) in [5, 5.41) is 11.7. The van der Waals surface area contributed by atoms with Crippen LogP contribution in [0.2, 0.25) is 0 Å². The van der Waals surface area contributed by atoms with E-state index in [-0.39, 0.29) is 30.4 Å². The summed E-state index contributed by atoms with van der Waals surface area (Å²) >= 11 is 3.30. The minimum Gasteiger partial charge on any atom is -0.491 e. The molecule has 0 aromatic heterocycles. The average molecular weight is 364 g/mol. The van der Waals surface area contributed by atoms with Crippen molar-refractivity contribution in [3.63, 3.8) is 0 Å². The van der Waals surface area contributed by atoms with E-state index in [1.54, 1.807) is 36.4 Å². The zero-order valence-electron chi connectivity index (χ0n) is 11.6. The van der Waals surface area contributed by atoms with Gasteiger partial charge in [0.25, 0.3) is 5.91 Å². The van der Waals surface area contributed by atoms with Crippen LogP contribution in [0.5, 0.6) is 5.75 Å². The van der Waals surface area contributed by atoms with Gasteiger partial charge in [0.1, 0.15) is 17.9 Å². The fraction of sp³-hybridized carbons (Fsp3) is 0.125. The molecule has 2 N–H and O–H groups in total. The quantitative estimate of drug-likeness (QED) is 0.773. The maximum absolute atomic E-state index is 11.9. The molecule has 2 aromatic rings. The molecule has 22 heavy (non-hydrogen) atoms. The Kier molecular flexibility index (Phi) is 5.55. The fourth-order valence-corrected chi connectivity index (χ4v) is 2.23. The van der Waals surface area contributed by atoms with Gasteiger partial charge in [-0.15, -0.1) is 0 Å². The van der Waals surface area contributed by atoms with Crippen molar-refractivity contribution in [1.82, 2.24) is 5.32 Å². The van der Waals surface area contributed by atoms with Gasteiger partial charge in [-0.2, -0.15) is 0 Å². The van der Waals surface area contributed by atoms with Crippen LogP contribution in [0.15, 0.2) is 53.0 Å². The Morgan fingerprint density at radius 3 is 2.64 bits per heavy atom.